The van der Waals surface area contributed by atoms with Crippen molar-refractivity contribution in [3.05, 3.63) is 0 Å². The summed E-state index contributed by atoms with van der Waals surface area (Å²) in [6.45, 7) is 8.78. The summed E-state index contributed by atoms with van der Waals surface area (Å²) in [6.07, 6.45) is 4.05. The highest BCUT2D eigenvalue weighted by atomic mass is 16.1. The molecule has 0 aliphatic heterocycles. The Labute approximate surface area is 112 Å². The predicted molar refractivity (Wildman–Crippen MR) is 77.5 cm³/mol. The molecule has 4 nitrogen and oxygen atoms in total. The Morgan fingerprint density at radius 3 is 2.50 bits per heavy atom. The van der Waals surface area contributed by atoms with Gasteiger partial charge in [-0.25, -0.2) is 0 Å². The van der Waals surface area contributed by atoms with E-state index in [1.54, 1.807) is 0 Å². The summed E-state index contributed by atoms with van der Waals surface area (Å²) >= 11 is 0. The molecule has 0 rings (SSSR count). The van der Waals surface area contributed by atoms with Crippen molar-refractivity contribution in [2.45, 2.75) is 52.5 Å². The number of unbranched alkanes of at least 4 members (excludes halogenated alkanes) is 1. The molecule has 1 atom stereocenters. The molecule has 1 unspecified atom stereocenters. The maximum atomic E-state index is 11.8. The van der Waals surface area contributed by atoms with Crippen LogP contribution in [-0.4, -0.2) is 43.5 Å². The lowest BCUT2D eigenvalue weighted by atomic mass is 10.0. The Morgan fingerprint density at radius 2 is 2.00 bits per heavy atom. The van der Waals surface area contributed by atoms with Crippen molar-refractivity contribution in [2.24, 2.45) is 11.7 Å². The average Bonchev–Trinajstić information content (AvgIpc) is 2.34. The van der Waals surface area contributed by atoms with Crippen LogP contribution in [0, 0.1) is 5.92 Å². The number of amides is 1. The molecule has 0 spiro atoms. The molecule has 0 aliphatic rings. The van der Waals surface area contributed by atoms with E-state index >= 15 is 0 Å². The quantitative estimate of drug-likeness (QED) is 0.584. The molecule has 0 bridgehead atoms. The van der Waals surface area contributed by atoms with Gasteiger partial charge in [-0.1, -0.05) is 13.3 Å². The zero-order chi connectivity index (χ0) is 14.0. The molecule has 0 saturated heterocycles. The normalized spacial score (nSPS) is 13.1. The van der Waals surface area contributed by atoms with Gasteiger partial charge in [0, 0.05) is 19.1 Å². The van der Waals surface area contributed by atoms with Crippen molar-refractivity contribution in [1.29, 1.82) is 0 Å². The minimum Gasteiger partial charge on any atom is -0.356 e. The van der Waals surface area contributed by atoms with Crippen molar-refractivity contribution in [3.8, 4) is 0 Å². The van der Waals surface area contributed by atoms with Gasteiger partial charge < -0.3 is 16.0 Å². The Hall–Kier alpha value is -0.610. The number of hydrogen-bond donors (Lipinski definition) is 2. The monoisotopic (exact) mass is 257 g/mol. The Balaban J connectivity index is 3.62. The Morgan fingerprint density at radius 1 is 1.33 bits per heavy atom. The lowest BCUT2D eigenvalue weighted by molar-refractivity contribution is -0.124. The topological polar surface area (TPSA) is 58.4 Å². The van der Waals surface area contributed by atoms with Crippen LogP contribution in [0.15, 0.2) is 0 Å². The highest BCUT2D eigenvalue weighted by Crippen LogP contribution is 2.04. The molecule has 0 aliphatic carbocycles. The second-order valence-electron chi connectivity index (χ2n) is 5.29. The molecule has 0 heterocycles. The molecule has 0 aromatic carbocycles. The molecule has 4 heteroatoms. The first-order chi connectivity index (χ1) is 8.52. The number of nitrogens with zero attached hydrogens (tertiary/aromatic N) is 1. The summed E-state index contributed by atoms with van der Waals surface area (Å²) in [5, 5.41) is 2.98. The smallest absolute Gasteiger partial charge is 0.224 e. The molecule has 0 aromatic heterocycles. The number of nitrogens with two attached hydrogens (primary N) is 1. The van der Waals surface area contributed by atoms with Crippen molar-refractivity contribution in [1.82, 2.24) is 10.2 Å². The molecule has 108 valence electrons. The first kappa shape index (κ1) is 17.4. The summed E-state index contributed by atoms with van der Waals surface area (Å²) < 4.78 is 0. The summed E-state index contributed by atoms with van der Waals surface area (Å²) in [4.78, 5) is 14.1. The average molecular weight is 257 g/mol. The zero-order valence-corrected chi connectivity index (χ0v) is 12.5. The summed E-state index contributed by atoms with van der Waals surface area (Å²) in [6, 6.07) is 0.589. The Bertz CT molecular complexity index is 219. The number of rotatable bonds is 10. The van der Waals surface area contributed by atoms with Gasteiger partial charge in [0.15, 0.2) is 0 Å². The predicted octanol–water partition coefficient (Wildman–Crippen LogP) is 1.60. The number of carbonyl (C=O) groups is 1. The molecule has 0 aromatic rings. The summed E-state index contributed by atoms with van der Waals surface area (Å²) in [7, 11) is 2.13. The molecular weight excluding hydrogens is 226 g/mol. The molecule has 3 N–H and O–H groups in total. The van der Waals surface area contributed by atoms with Gasteiger partial charge in [0.2, 0.25) is 5.91 Å². The van der Waals surface area contributed by atoms with E-state index in [4.69, 9.17) is 5.73 Å². The number of carbonyl (C=O) groups excluding carboxylic acids is 1. The van der Waals surface area contributed by atoms with Crippen LogP contribution in [0.1, 0.15) is 46.5 Å². The van der Waals surface area contributed by atoms with Crippen LogP contribution in [0.25, 0.3) is 0 Å². The third-order valence-electron chi connectivity index (χ3n) is 3.41. The molecule has 18 heavy (non-hydrogen) atoms. The van der Waals surface area contributed by atoms with Crippen LogP contribution in [0.3, 0.4) is 0 Å². The fraction of sp³-hybridized carbons (Fsp3) is 0.929. The standard InChI is InChI=1S/C14H31N3O/c1-5-8-13(11-15)14(18)16-9-6-7-10-17(4)12(2)3/h12-13H,5-11,15H2,1-4H3,(H,16,18). The van der Waals surface area contributed by atoms with Gasteiger partial charge in [0.25, 0.3) is 0 Å². The van der Waals surface area contributed by atoms with Gasteiger partial charge in [-0.2, -0.15) is 0 Å². The van der Waals surface area contributed by atoms with Gasteiger partial charge in [0.1, 0.15) is 0 Å². The second-order valence-corrected chi connectivity index (χ2v) is 5.29. The van der Waals surface area contributed by atoms with Crippen LogP contribution in [-0.2, 0) is 4.79 Å². The van der Waals surface area contributed by atoms with E-state index in [1.807, 2.05) is 0 Å². The lowest BCUT2D eigenvalue weighted by Gasteiger charge is -2.20. The van der Waals surface area contributed by atoms with Crippen LogP contribution >= 0.6 is 0 Å². The van der Waals surface area contributed by atoms with E-state index in [-0.39, 0.29) is 11.8 Å². The van der Waals surface area contributed by atoms with Gasteiger partial charge in [-0.3, -0.25) is 4.79 Å². The first-order valence-corrected chi connectivity index (χ1v) is 7.20. The SMILES string of the molecule is CCCC(CN)C(=O)NCCCCN(C)C(C)C. The minimum absolute atomic E-state index is 0.00617. The van der Waals surface area contributed by atoms with Crippen molar-refractivity contribution in [2.75, 3.05) is 26.7 Å². The van der Waals surface area contributed by atoms with Crippen LogP contribution in [0.2, 0.25) is 0 Å². The Kier molecular flexibility index (Phi) is 9.98. The minimum atomic E-state index is -0.00617. The van der Waals surface area contributed by atoms with E-state index in [9.17, 15) is 4.79 Å². The van der Waals surface area contributed by atoms with E-state index in [2.05, 4.69) is 38.0 Å². The van der Waals surface area contributed by atoms with Crippen molar-refractivity contribution in [3.63, 3.8) is 0 Å². The number of hydrogen-bond acceptors (Lipinski definition) is 3. The van der Waals surface area contributed by atoms with E-state index in [0.717, 1.165) is 38.8 Å². The van der Waals surface area contributed by atoms with Crippen LogP contribution < -0.4 is 11.1 Å². The summed E-state index contributed by atoms with van der Waals surface area (Å²) in [5.74, 6) is 0.116. The molecule has 0 radical (unpaired) electrons. The van der Waals surface area contributed by atoms with Crippen molar-refractivity contribution < 1.29 is 4.79 Å². The lowest BCUT2D eigenvalue weighted by Crippen LogP contribution is -2.35. The molecule has 1 amide bonds. The third kappa shape index (κ3) is 7.67. The fourth-order valence-electron chi connectivity index (χ4n) is 1.80. The van der Waals surface area contributed by atoms with Crippen LogP contribution in [0.4, 0.5) is 0 Å². The summed E-state index contributed by atoms with van der Waals surface area (Å²) in [5.41, 5.74) is 5.60. The van der Waals surface area contributed by atoms with Crippen molar-refractivity contribution >= 4 is 5.91 Å². The van der Waals surface area contributed by atoms with Gasteiger partial charge in [-0.05, 0) is 46.7 Å². The third-order valence-corrected chi connectivity index (χ3v) is 3.41. The van der Waals surface area contributed by atoms with E-state index < -0.39 is 0 Å². The molecule has 0 fully saturated rings. The van der Waals surface area contributed by atoms with E-state index in [1.165, 1.54) is 0 Å². The van der Waals surface area contributed by atoms with Crippen LogP contribution in [0.5, 0.6) is 0 Å². The zero-order valence-electron chi connectivity index (χ0n) is 12.5. The number of nitrogens with one attached hydrogen (secondary N) is 1. The van der Waals surface area contributed by atoms with Gasteiger partial charge >= 0.3 is 0 Å². The van der Waals surface area contributed by atoms with E-state index in [0.29, 0.717) is 12.6 Å². The van der Waals surface area contributed by atoms with Gasteiger partial charge in [0.05, 0.1) is 5.92 Å². The highest BCUT2D eigenvalue weighted by molar-refractivity contribution is 5.78. The maximum absolute atomic E-state index is 11.8. The fourth-order valence-corrected chi connectivity index (χ4v) is 1.80. The van der Waals surface area contributed by atoms with Gasteiger partial charge in [-0.15, -0.1) is 0 Å². The largest absolute Gasteiger partial charge is 0.356 e. The maximum Gasteiger partial charge on any atom is 0.224 e. The first-order valence-electron chi connectivity index (χ1n) is 7.20. The molecular formula is C14H31N3O. The second kappa shape index (κ2) is 10.3. The highest BCUT2D eigenvalue weighted by Gasteiger charge is 2.14. The molecule has 0 saturated carbocycles.